The molecule has 19 heavy (non-hydrogen) atoms. The van der Waals surface area contributed by atoms with Crippen LogP contribution in [0.1, 0.15) is 18.1 Å². The van der Waals surface area contributed by atoms with Gasteiger partial charge in [-0.05, 0) is 43.5 Å². The molecular weight excluding hydrogens is 260 g/mol. The Balaban J connectivity index is 2.16. The maximum absolute atomic E-state index is 5.87. The van der Waals surface area contributed by atoms with Gasteiger partial charge in [0, 0.05) is 18.3 Å². The zero-order valence-corrected chi connectivity index (χ0v) is 11.8. The molecule has 0 spiro atoms. The van der Waals surface area contributed by atoms with Crippen molar-refractivity contribution in [3.63, 3.8) is 0 Å². The van der Waals surface area contributed by atoms with Crippen LogP contribution in [0.15, 0.2) is 36.7 Å². The number of nitrogens with zero attached hydrogens (tertiary/aromatic N) is 1. The van der Waals surface area contributed by atoms with Crippen molar-refractivity contribution in [1.82, 2.24) is 4.98 Å². The molecular formula is C15H17ClN2O. The quantitative estimate of drug-likeness (QED) is 0.926. The summed E-state index contributed by atoms with van der Waals surface area (Å²) < 4.78 is 5.72. The summed E-state index contributed by atoms with van der Waals surface area (Å²) in [5, 5.41) is 0.558. The number of nitrogens with two attached hydrogens (primary N) is 1. The predicted molar refractivity (Wildman–Crippen MR) is 77.9 cm³/mol. The molecule has 0 saturated heterocycles. The highest BCUT2D eigenvalue weighted by Gasteiger charge is 2.05. The average molecular weight is 277 g/mol. The maximum Gasteiger partial charge on any atom is 0.147 e. The molecule has 4 heteroatoms. The number of benzene rings is 1. The molecule has 0 aliphatic carbocycles. The first-order valence-electron chi connectivity index (χ1n) is 6.18. The Morgan fingerprint density at radius 2 is 2.05 bits per heavy atom. The van der Waals surface area contributed by atoms with Gasteiger partial charge in [0.1, 0.15) is 11.5 Å². The van der Waals surface area contributed by atoms with E-state index in [-0.39, 0.29) is 6.04 Å². The zero-order chi connectivity index (χ0) is 13.8. The fourth-order valence-electron chi connectivity index (χ4n) is 1.89. The summed E-state index contributed by atoms with van der Waals surface area (Å²) in [7, 11) is 0. The van der Waals surface area contributed by atoms with Crippen LogP contribution in [0.2, 0.25) is 5.02 Å². The molecule has 1 aromatic carbocycles. The molecule has 1 unspecified atom stereocenters. The van der Waals surface area contributed by atoms with Gasteiger partial charge < -0.3 is 10.5 Å². The van der Waals surface area contributed by atoms with Crippen molar-refractivity contribution < 1.29 is 4.74 Å². The zero-order valence-electron chi connectivity index (χ0n) is 11.1. The molecule has 2 N–H and O–H groups in total. The number of rotatable bonds is 4. The van der Waals surface area contributed by atoms with E-state index >= 15 is 0 Å². The third-order valence-corrected chi connectivity index (χ3v) is 2.98. The summed E-state index contributed by atoms with van der Waals surface area (Å²) in [6.07, 6.45) is 4.08. The SMILES string of the molecule is Cc1cc(Oc2cncc(Cl)c2)ccc1CC(C)N. The van der Waals surface area contributed by atoms with Gasteiger partial charge in [0.15, 0.2) is 0 Å². The van der Waals surface area contributed by atoms with Gasteiger partial charge in [-0.3, -0.25) is 4.98 Å². The van der Waals surface area contributed by atoms with Crippen LogP contribution >= 0.6 is 11.6 Å². The van der Waals surface area contributed by atoms with Gasteiger partial charge in [0.05, 0.1) is 11.2 Å². The minimum atomic E-state index is 0.155. The molecule has 100 valence electrons. The lowest BCUT2D eigenvalue weighted by Crippen LogP contribution is -2.18. The molecule has 2 rings (SSSR count). The average Bonchev–Trinajstić information content (AvgIpc) is 2.32. The van der Waals surface area contributed by atoms with Gasteiger partial charge in [-0.2, -0.15) is 0 Å². The molecule has 1 aromatic heterocycles. The highest BCUT2D eigenvalue weighted by molar-refractivity contribution is 6.30. The van der Waals surface area contributed by atoms with E-state index in [4.69, 9.17) is 22.1 Å². The molecule has 1 atom stereocenters. The monoisotopic (exact) mass is 276 g/mol. The van der Waals surface area contributed by atoms with E-state index in [0.29, 0.717) is 10.8 Å². The van der Waals surface area contributed by atoms with Crippen molar-refractivity contribution in [1.29, 1.82) is 0 Å². The highest BCUT2D eigenvalue weighted by atomic mass is 35.5. The normalized spacial score (nSPS) is 12.2. The first-order chi connectivity index (χ1) is 9.04. The summed E-state index contributed by atoms with van der Waals surface area (Å²) in [4.78, 5) is 3.99. The van der Waals surface area contributed by atoms with Gasteiger partial charge in [-0.15, -0.1) is 0 Å². The van der Waals surface area contributed by atoms with Crippen LogP contribution in [0.3, 0.4) is 0 Å². The molecule has 0 aliphatic heterocycles. The summed E-state index contributed by atoms with van der Waals surface area (Å²) in [6.45, 7) is 4.06. The maximum atomic E-state index is 5.87. The minimum absolute atomic E-state index is 0.155. The van der Waals surface area contributed by atoms with Crippen LogP contribution in [0.5, 0.6) is 11.5 Å². The lowest BCUT2D eigenvalue weighted by molar-refractivity contribution is 0.479. The van der Waals surface area contributed by atoms with Crippen LogP contribution in [0.4, 0.5) is 0 Å². The summed E-state index contributed by atoms with van der Waals surface area (Å²) >= 11 is 5.87. The van der Waals surface area contributed by atoms with Crippen LogP contribution in [-0.2, 0) is 6.42 Å². The fourth-order valence-corrected chi connectivity index (χ4v) is 2.06. The van der Waals surface area contributed by atoms with E-state index < -0.39 is 0 Å². The van der Waals surface area contributed by atoms with Crippen LogP contribution in [-0.4, -0.2) is 11.0 Å². The van der Waals surface area contributed by atoms with Crippen molar-refractivity contribution in [3.05, 3.63) is 52.8 Å². The molecule has 0 radical (unpaired) electrons. The number of pyridine rings is 1. The Labute approximate surface area is 118 Å². The molecule has 0 amide bonds. The van der Waals surface area contributed by atoms with Crippen LogP contribution in [0.25, 0.3) is 0 Å². The number of aromatic nitrogens is 1. The lowest BCUT2D eigenvalue weighted by Gasteiger charge is -2.11. The summed E-state index contributed by atoms with van der Waals surface area (Å²) in [6, 6.07) is 7.87. The highest BCUT2D eigenvalue weighted by Crippen LogP contribution is 2.25. The molecule has 0 fully saturated rings. The molecule has 2 aromatic rings. The largest absolute Gasteiger partial charge is 0.456 e. The van der Waals surface area contributed by atoms with Gasteiger partial charge in [0.25, 0.3) is 0 Å². The van der Waals surface area contributed by atoms with Crippen LogP contribution < -0.4 is 10.5 Å². The molecule has 3 nitrogen and oxygen atoms in total. The first-order valence-corrected chi connectivity index (χ1v) is 6.56. The van der Waals surface area contributed by atoms with E-state index in [1.165, 1.54) is 11.1 Å². The predicted octanol–water partition coefficient (Wildman–Crippen LogP) is 3.73. The second-order valence-corrected chi connectivity index (χ2v) is 5.15. The van der Waals surface area contributed by atoms with E-state index in [0.717, 1.165) is 12.2 Å². The summed E-state index contributed by atoms with van der Waals surface area (Å²) in [5.74, 6) is 1.40. The Hall–Kier alpha value is -1.58. The minimum Gasteiger partial charge on any atom is -0.456 e. The van der Waals surface area contributed by atoms with E-state index in [2.05, 4.69) is 11.9 Å². The summed E-state index contributed by atoms with van der Waals surface area (Å²) in [5.41, 5.74) is 8.23. The van der Waals surface area contributed by atoms with Crippen molar-refractivity contribution in [2.45, 2.75) is 26.3 Å². The van der Waals surface area contributed by atoms with Gasteiger partial charge in [-0.1, -0.05) is 17.7 Å². The van der Waals surface area contributed by atoms with Crippen molar-refractivity contribution in [2.75, 3.05) is 0 Å². The number of hydrogen-bond acceptors (Lipinski definition) is 3. The van der Waals surface area contributed by atoms with E-state index in [1.807, 2.05) is 25.1 Å². The van der Waals surface area contributed by atoms with Crippen LogP contribution in [0, 0.1) is 6.92 Å². The van der Waals surface area contributed by atoms with Crippen molar-refractivity contribution in [2.24, 2.45) is 5.73 Å². The Kier molecular flexibility index (Phi) is 4.40. The molecule has 0 saturated carbocycles. The Bertz CT molecular complexity index is 570. The smallest absolute Gasteiger partial charge is 0.147 e. The number of hydrogen-bond donors (Lipinski definition) is 1. The Morgan fingerprint density at radius 1 is 1.26 bits per heavy atom. The Morgan fingerprint density at radius 3 is 2.68 bits per heavy atom. The van der Waals surface area contributed by atoms with Gasteiger partial charge >= 0.3 is 0 Å². The van der Waals surface area contributed by atoms with E-state index in [9.17, 15) is 0 Å². The lowest BCUT2D eigenvalue weighted by atomic mass is 10.0. The van der Waals surface area contributed by atoms with Crippen molar-refractivity contribution >= 4 is 11.6 Å². The fraction of sp³-hybridized carbons (Fsp3) is 0.267. The topological polar surface area (TPSA) is 48.1 Å². The number of halogens is 1. The third kappa shape index (κ3) is 3.94. The van der Waals surface area contributed by atoms with Crippen molar-refractivity contribution in [3.8, 4) is 11.5 Å². The number of ether oxygens (including phenoxy) is 1. The van der Waals surface area contributed by atoms with Gasteiger partial charge in [0.2, 0.25) is 0 Å². The van der Waals surface area contributed by atoms with Gasteiger partial charge in [-0.25, -0.2) is 0 Å². The molecule has 0 bridgehead atoms. The second kappa shape index (κ2) is 6.04. The second-order valence-electron chi connectivity index (χ2n) is 4.71. The number of aryl methyl sites for hydroxylation is 1. The molecule has 1 heterocycles. The standard InChI is InChI=1S/C15H17ClN2O/c1-10-5-14(4-3-12(10)6-11(2)17)19-15-7-13(16)8-18-9-15/h3-5,7-9,11H,6,17H2,1-2H3. The first kappa shape index (κ1) is 13.8. The van der Waals surface area contributed by atoms with E-state index in [1.54, 1.807) is 18.5 Å². The molecule has 0 aliphatic rings. The third-order valence-electron chi connectivity index (χ3n) is 2.77.